The molecule has 0 aromatic heterocycles. The smallest absolute Gasteiger partial charge is 0.412 e. The fraction of sp³-hybridized carbons (Fsp3) is 0.409. The van der Waals surface area contributed by atoms with Crippen LogP contribution in [0.1, 0.15) is 45.7 Å². The Kier molecular flexibility index (Phi) is 5.36. The van der Waals surface area contributed by atoms with Crippen molar-refractivity contribution in [2.24, 2.45) is 0 Å². The third-order valence-corrected chi connectivity index (χ3v) is 5.68. The molecule has 2 aromatic rings. The standard InChI is InChI=1S/C22H27BrN2O3/c1-13-22(5,16-11-14(23)7-9-18(16)24-13)17-12-15(8-10-19(17)27-6)25-20(26)28-21(2,3)4/h7-13,24H,1-6H3,(H,25,26)/t13-,22+/m1/s1. The third-order valence-electron chi connectivity index (χ3n) is 5.18. The van der Waals surface area contributed by atoms with Crippen LogP contribution in [0.5, 0.6) is 5.75 Å². The maximum Gasteiger partial charge on any atom is 0.412 e. The maximum absolute atomic E-state index is 12.2. The summed E-state index contributed by atoms with van der Waals surface area (Å²) in [5.41, 5.74) is 3.06. The molecule has 2 atom stereocenters. The number of carbonyl (C=O) groups excluding carboxylic acids is 1. The molecule has 1 amide bonds. The second kappa shape index (κ2) is 7.32. The summed E-state index contributed by atoms with van der Waals surface area (Å²) in [5.74, 6) is 0.777. The van der Waals surface area contributed by atoms with Crippen LogP contribution in [0, 0.1) is 0 Å². The van der Waals surface area contributed by atoms with Gasteiger partial charge in [0, 0.05) is 32.9 Å². The number of hydrogen-bond donors (Lipinski definition) is 2. The molecule has 0 saturated heterocycles. The van der Waals surface area contributed by atoms with Crippen molar-refractivity contribution in [3.63, 3.8) is 0 Å². The molecule has 0 aliphatic carbocycles. The number of amides is 1. The normalized spacial score (nSPS) is 20.9. The highest BCUT2D eigenvalue weighted by Crippen LogP contribution is 2.49. The van der Waals surface area contributed by atoms with E-state index < -0.39 is 11.7 Å². The molecule has 0 spiro atoms. The molecule has 2 N–H and O–H groups in total. The van der Waals surface area contributed by atoms with Gasteiger partial charge in [0.05, 0.1) is 7.11 Å². The summed E-state index contributed by atoms with van der Waals surface area (Å²) < 4.78 is 12.1. The van der Waals surface area contributed by atoms with Crippen LogP contribution in [0.3, 0.4) is 0 Å². The minimum Gasteiger partial charge on any atom is -0.496 e. The fourth-order valence-corrected chi connectivity index (χ4v) is 4.04. The summed E-state index contributed by atoms with van der Waals surface area (Å²) in [6.45, 7) is 9.87. The molecule has 0 bridgehead atoms. The zero-order chi connectivity index (χ0) is 20.7. The summed E-state index contributed by atoms with van der Waals surface area (Å²) in [7, 11) is 1.66. The second-order valence-corrected chi connectivity index (χ2v) is 9.22. The van der Waals surface area contributed by atoms with Crippen molar-refractivity contribution < 1.29 is 14.3 Å². The number of fused-ring (bicyclic) bond motifs is 1. The summed E-state index contributed by atoms with van der Waals surface area (Å²) in [6.07, 6.45) is -0.477. The summed E-state index contributed by atoms with van der Waals surface area (Å²) in [4.78, 5) is 12.2. The van der Waals surface area contributed by atoms with E-state index in [1.165, 1.54) is 5.56 Å². The van der Waals surface area contributed by atoms with Gasteiger partial charge in [0.1, 0.15) is 11.4 Å². The minimum atomic E-state index is -0.555. The van der Waals surface area contributed by atoms with Crippen LogP contribution in [-0.2, 0) is 10.2 Å². The molecule has 2 aromatic carbocycles. The van der Waals surface area contributed by atoms with E-state index in [0.717, 1.165) is 21.5 Å². The third kappa shape index (κ3) is 3.83. The van der Waals surface area contributed by atoms with E-state index in [-0.39, 0.29) is 11.5 Å². The van der Waals surface area contributed by atoms with Crippen molar-refractivity contribution in [3.8, 4) is 5.75 Å². The SMILES string of the molecule is COc1ccc(NC(=O)OC(C)(C)C)cc1[C@]1(C)c2cc(Br)ccc2N[C@@H]1C. The van der Waals surface area contributed by atoms with Crippen LogP contribution in [0.25, 0.3) is 0 Å². The average molecular weight is 447 g/mol. The van der Waals surface area contributed by atoms with Gasteiger partial charge in [-0.1, -0.05) is 15.9 Å². The Morgan fingerprint density at radius 1 is 1.18 bits per heavy atom. The molecular formula is C22H27BrN2O3. The molecule has 5 nitrogen and oxygen atoms in total. The monoisotopic (exact) mass is 446 g/mol. The van der Waals surface area contributed by atoms with Gasteiger partial charge in [-0.05, 0) is 76.6 Å². The predicted molar refractivity (Wildman–Crippen MR) is 117 cm³/mol. The van der Waals surface area contributed by atoms with E-state index in [0.29, 0.717) is 5.69 Å². The van der Waals surface area contributed by atoms with Crippen molar-refractivity contribution in [3.05, 3.63) is 52.0 Å². The lowest BCUT2D eigenvalue weighted by Crippen LogP contribution is -2.35. The van der Waals surface area contributed by atoms with Crippen LogP contribution in [0.2, 0.25) is 0 Å². The first-order chi connectivity index (χ1) is 13.0. The van der Waals surface area contributed by atoms with Crippen molar-refractivity contribution >= 4 is 33.4 Å². The van der Waals surface area contributed by atoms with Gasteiger partial charge < -0.3 is 14.8 Å². The van der Waals surface area contributed by atoms with E-state index in [2.05, 4.69) is 52.5 Å². The number of carbonyl (C=O) groups is 1. The molecule has 6 heteroatoms. The van der Waals surface area contributed by atoms with Crippen LogP contribution >= 0.6 is 15.9 Å². The number of anilines is 2. The zero-order valence-electron chi connectivity index (χ0n) is 17.1. The fourth-order valence-electron chi connectivity index (χ4n) is 3.67. The van der Waals surface area contributed by atoms with Crippen molar-refractivity contribution in [1.82, 2.24) is 0 Å². The Labute approximate surface area is 174 Å². The van der Waals surface area contributed by atoms with E-state index in [1.807, 2.05) is 45.0 Å². The molecule has 150 valence electrons. The lowest BCUT2D eigenvalue weighted by molar-refractivity contribution is 0.0636. The Bertz CT molecular complexity index is 907. The first kappa shape index (κ1) is 20.5. The van der Waals surface area contributed by atoms with Gasteiger partial charge in [0.15, 0.2) is 0 Å². The number of benzene rings is 2. The lowest BCUT2D eigenvalue weighted by Gasteiger charge is -2.32. The Hall–Kier alpha value is -2.21. The number of methoxy groups -OCH3 is 1. The molecule has 0 fully saturated rings. The molecule has 1 heterocycles. The molecule has 28 heavy (non-hydrogen) atoms. The molecule has 3 rings (SSSR count). The highest BCUT2D eigenvalue weighted by Gasteiger charge is 2.44. The Balaban J connectivity index is 2.04. The number of rotatable bonds is 3. The van der Waals surface area contributed by atoms with E-state index in [4.69, 9.17) is 9.47 Å². The lowest BCUT2D eigenvalue weighted by atomic mass is 9.73. The van der Waals surface area contributed by atoms with Crippen LogP contribution < -0.4 is 15.4 Å². The van der Waals surface area contributed by atoms with Crippen LogP contribution in [0.4, 0.5) is 16.2 Å². The Morgan fingerprint density at radius 3 is 2.54 bits per heavy atom. The van der Waals surface area contributed by atoms with E-state index in [9.17, 15) is 4.79 Å². The topological polar surface area (TPSA) is 59.6 Å². The van der Waals surface area contributed by atoms with Gasteiger partial charge in [-0.2, -0.15) is 0 Å². The highest BCUT2D eigenvalue weighted by molar-refractivity contribution is 9.10. The summed E-state index contributed by atoms with van der Waals surface area (Å²) >= 11 is 3.59. The quantitative estimate of drug-likeness (QED) is 0.613. The van der Waals surface area contributed by atoms with Crippen LogP contribution in [0.15, 0.2) is 40.9 Å². The van der Waals surface area contributed by atoms with Crippen molar-refractivity contribution in [1.29, 1.82) is 0 Å². The Morgan fingerprint density at radius 2 is 1.89 bits per heavy atom. The molecule has 1 aliphatic rings. The van der Waals surface area contributed by atoms with Crippen LogP contribution in [-0.4, -0.2) is 24.8 Å². The molecular weight excluding hydrogens is 420 g/mol. The molecule has 0 saturated carbocycles. The van der Waals surface area contributed by atoms with E-state index >= 15 is 0 Å². The van der Waals surface area contributed by atoms with Gasteiger partial charge >= 0.3 is 6.09 Å². The van der Waals surface area contributed by atoms with Gasteiger partial charge in [-0.25, -0.2) is 4.79 Å². The van der Waals surface area contributed by atoms with Gasteiger partial charge in [-0.15, -0.1) is 0 Å². The number of hydrogen-bond acceptors (Lipinski definition) is 4. The molecule has 1 aliphatic heterocycles. The largest absolute Gasteiger partial charge is 0.496 e. The van der Waals surface area contributed by atoms with Gasteiger partial charge in [-0.3, -0.25) is 5.32 Å². The van der Waals surface area contributed by atoms with Crippen molar-refractivity contribution in [2.75, 3.05) is 17.7 Å². The summed E-state index contributed by atoms with van der Waals surface area (Å²) in [5, 5.41) is 6.40. The molecule has 0 unspecified atom stereocenters. The minimum absolute atomic E-state index is 0.141. The molecule has 0 radical (unpaired) electrons. The summed E-state index contributed by atoms with van der Waals surface area (Å²) in [6, 6.07) is 12.1. The highest BCUT2D eigenvalue weighted by atomic mass is 79.9. The number of nitrogens with one attached hydrogen (secondary N) is 2. The predicted octanol–water partition coefficient (Wildman–Crippen LogP) is 5.92. The van der Waals surface area contributed by atoms with Gasteiger partial charge in [0.2, 0.25) is 0 Å². The average Bonchev–Trinajstić information content (AvgIpc) is 2.85. The van der Waals surface area contributed by atoms with Crippen molar-refractivity contribution in [2.45, 2.75) is 51.7 Å². The maximum atomic E-state index is 12.2. The first-order valence-electron chi connectivity index (χ1n) is 9.29. The zero-order valence-corrected chi connectivity index (χ0v) is 18.7. The number of ether oxygens (including phenoxy) is 2. The number of halogens is 1. The second-order valence-electron chi connectivity index (χ2n) is 8.30. The van der Waals surface area contributed by atoms with E-state index in [1.54, 1.807) is 7.11 Å². The first-order valence-corrected chi connectivity index (χ1v) is 10.1. The van der Waals surface area contributed by atoms with Gasteiger partial charge in [0.25, 0.3) is 0 Å².